The first-order valence-corrected chi connectivity index (χ1v) is 6.74. The number of aliphatic carboxylic acids is 1. The van der Waals surface area contributed by atoms with Gasteiger partial charge in [0.1, 0.15) is 0 Å². The maximum atomic E-state index is 12.3. The molecule has 2 aliphatic heterocycles. The van der Waals surface area contributed by atoms with Crippen molar-refractivity contribution in [3.8, 4) is 0 Å². The summed E-state index contributed by atoms with van der Waals surface area (Å²) in [7, 11) is 1.74. The molecule has 0 aromatic heterocycles. The molecule has 6 nitrogen and oxygen atoms in total. The lowest BCUT2D eigenvalue weighted by Gasteiger charge is -2.35. The van der Waals surface area contributed by atoms with Crippen molar-refractivity contribution in [2.45, 2.75) is 25.7 Å². The third kappa shape index (κ3) is 3.05. The summed E-state index contributed by atoms with van der Waals surface area (Å²) >= 11 is 0. The molecule has 2 fully saturated rings. The van der Waals surface area contributed by atoms with Crippen molar-refractivity contribution >= 4 is 17.8 Å². The van der Waals surface area contributed by atoms with Crippen molar-refractivity contribution in [1.82, 2.24) is 9.80 Å². The summed E-state index contributed by atoms with van der Waals surface area (Å²) in [5.41, 5.74) is 0. The predicted molar refractivity (Wildman–Crippen MR) is 67.3 cm³/mol. The van der Waals surface area contributed by atoms with Crippen molar-refractivity contribution in [1.29, 1.82) is 0 Å². The van der Waals surface area contributed by atoms with E-state index in [1.54, 1.807) is 16.8 Å². The number of hydrogen-bond acceptors (Lipinski definition) is 3. The Morgan fingerprint density at radius 3 is 2.58 bits per heavy atom. The molecule has 2 aliphatic rings. The highest BCUT2D eigenvalue weighted by molar-refractivity contribution is 5.87. The number of nitrogens with zero attached hydrogens (tertiary/aromatic N) is 2. The molecular formula is C13H20N2O4. The van der Waals surface area contributed by atoms with E-state index in [4.69, 9.17) is 5.11 Å². The van der Waals surface area contributed by atoms with Gasteiger partial charge in [0.15, 0.2) is 0 Å². The van der Waals surface area contributed by atoms with Crippen molar-refractivity contribution in [2.75, 3.05) is 26.7 Å². The molecule has 19 heavy (non-hydrogen) atoms. The molecule has 0 radical (unpaired) electrons. The van der Waals surface area contributed by atoms with E-state index < -0.39 is 11.9 Å². The average Bonchev–Trinajstić information content (AvgIpc) is 2.41. The third-order valence-corrected chi connectivity index (χ3v) is 4.09. The van der Waals surface area contributed by atoms with Crippen LogP contribution in [0.4, 0.5) is 0 Å². The van der Waals surface area contributed by atoms with Crippen LogP contribution in [0.3, 0.4) is 0 Å². The molecule has 0 aromatic rings. The lowest BCUT2D eigenvalue weighted by molar-refractivity contribution is -0.149. The molecule has 0 aliphatic carbocycles. The van der Waals surface area contributed by atoms with E-state index >= 15 is 0 Å². The third-order valence-electron chi connectivity index (χ3n) is 4.09. The van der Waals surface area contributed by atoms with Crippen LogP contribution in [-0.2, 0) is 14.4 Å². The zero-order valence-electron chi connectivity index (χ0n) is 11.2. The zero-order valence-corrected chi connectivity index (χ0v) is 11.2. The summed E-state index contributed by atoms with van der Waals surface area (Å²) in [5, 5.41) is 9.03. The maximum absolute atomic E-state index is 12.3. The first-order chi connectivity index (χ1) is 8.99. The Hall–Kier alpha value is -1.59. The van der Waals surface area contributed by atoms with Gasteiger partial charge < -0.3 is 14.9 Å². The molecule has 0 bridgehead atoms. The van der Waals surface area contributed by atoms with Crippen LogP contribution in [0.15, 0.2) is 0 Å². The summed E-state index contributed by atoms with van der Waals surface area (Å²) < 4.78 is 0. The van der Waals surface area contributed by atoms with Crippen LogP contribution in [-0.4, -0.2) is 59.4 Å². The molecule has 2 amide bonds. The van der Waals surface area contributed by atoms with E-state index in [-0.39, 0.29) is 30.7 Å². The fraction of sp³-hybridized carbons (Fsp3) is 0.769. The number of hydrogen-bond donors (Lipinski definition) is 1. The van der Waals surface area contributed by atoms with E-state index in [1.165, 1.54) is 0 Å². The molecule has 2 atom stereocenters. The normalized spacial score (nSPS) is 28.4. The van der Waals surface area contributed by atoms with Crippen molar-refractivity contribution in [3.63, 3.8) is 0 Å². The molecule has 2 saturated heterocycles. The average molecular weight is 268 g/mol. The molecule has 6 heteroatoms. The minimum absolute atomic E-state index is 0.00334. The number of carboxylic acid groups (broad SMARTS) is 1. The molecule has 0 aromatic carbocycles. The van der Waals surface area contributed by atoms with Gasteiger partial charge in [0.2, 0.25) is 11.8 Å². The molecule has 0 spiro atoms. The van der Waals surface area contributed by atoms with Crippen LogP contribution >= 0.6 is 0 Å². The lowest BCUT2D eigenvalue weighted by Crippen LogP contribution is -2.48. The van der Waals surface area contributed by atoms with Crippen LogP contribution < -0.4 is 0 Å². The molecule has 2 heterocycles. The van der Waals surface area contributed by atoms with E-state index in [1.807, 2.05) is 0 Å². The van der Waals surface area contributed by atoms with Gasteiger partial charge in [-0.15, -0.1) is 0 Å². The number of carboxylic acids is 1. The number of amides is 2. The molecule has 0 unspecified atom stereocenters. The number of carbonyl (C=O) groups excluding carboxylic acids is 2. The predicted octanol–water partition coefficient (Wildman–Crippen LogP) is 0.178. The Balaban J connectivity index is 1.96. The largest absolute Gasteiger partial charge is 0.481 e. The number of likely N-dealkylation sites (tertiary alicyclic amines) is 2. The maximum Gasteiger partial charge on any atom is 0.308 e. The van der Waals surface area contributed by atoms with Crippen LogP contribution in [0.1, 0.15) is 25.7 Å². The summed E-state index contributed by atoms with van der Waals surface area (Å²) in [4.78, 5) is 38.2. The van der Waals surface area contributed by atoms with E-state index in [9.17, 15) is 14.4 Å². The van der Waals surface area contributed by atoms with Gasteiger partial charge in [-0.05, 0) is 19.3 Å². The Kier molecular flexibility index (Phi) is 4.07. The highest BCUT2D eigenvalue weighted by Gasteiger charge is 2.34. The summed E-state index contributed by atoms with van der Waals surface area (Å²) in [5.74, 6) is -1.61. The molecule has 0 saturated carbocycles. The Bertz CT molecular complexity index is 396. The van der Waals surface area contributed by atoms with Gasteiger partial charge in [-0.3, -0.25) is 14.4 Å². The molecule has 1 N–H and O–H groups in total. The first kappa shape index (κ1) is 13.8. The van der Waals surface area contributed by atoms with Crippen molar-refractivity contribution < 1.29 is 19.5 Å². The van der Waals surface area contributed by atoms with Gasteiger partial charge >= 0.3 is 5.97 Å². The van der Waals surface area contributed by atoms with Crippen molar-refractivity contribution in [3.05, 3.63) is 0 Å². The molecule has 106 valence electrons. The highest BCUT2D eigenvalue weighted by Crippen LogP contribution is 2.23. The SMILES string of the molecule is CN1CC[C@@H](C(=O)N2CCC[C@@H](C(=O)O)C2)CC1=O. The van der Waals surface area contributed by atoms with Crippen LogP contribution in [0.2, 0.25) is 0 Å². The topological polar surface area (TPSA) is 77.9 Å². The van der Waals surface area contributed by atoms with Gasteiger partial charge in [-0.2, -0.15) is 0 Å². The van der Waals surface area contributed by atoms with Crippen LogP contribution in [0, 0.1) is 11.8 Å². The first-order valence-electron chi connectivity index (χ1n) is 6.74. The second-order valence-electron chi connectivity index (χ2n) is 5.47. The quantitative estimate of drug-likeness (QED) is 0.775. The Labute approximate surface area is 112 Å². The van der Waals surface area contributed by atoms with E-state index in [0.29, 0.717) is 25.9 Å². The monoisotopic (exact) mass is 268 g/mol. The van der Waals surface area contributed by atoms with Gasteiger partial charge in [0.05, 0.1) is 5.92 Å². The summed E-state index contributed by atoms with van der Waals surface area (Å²) in [6.07, 6.45) is 2.29. The second kappa shape index (κ2) is 5.59. The van der Waals surface area contributed by atoms with Gasteiger partial charge in [0, 0.05) is 39.0 Å². The Morgan fingerprint density at radius 1 is 1.21 bits per heavy atom. The molecular weight excluding hydrogens is 248 g/mol. The van der Waals surface area contributed by atoms with Gasteiger partial charge in [-0.25, -0.2) is 0 Å². The minimum atomic E-state index is -0.836. The molecule has 2 rings (SSSR count). The standard InChI is InChI=1S/C13H20N2O4/c1-14-6-4-9(7-11(14)16)12(17)15-5-2-3-10(8-15)13(18)19/h9-10H,2-8H2,1H3,(H,18,19)/t9-,10-/m1/s1. The van der Waals surface area contributed by atoms with Gasteiger partial charge in [-0.1, -0.05) is 0 Å². The van der Waals surface area contributed by atoms with Crippen LogP contribution in [0.25, 0.3) is 0 Å². The fourth-order valence-electron chi connectivity index (χ4n) is 2.79. The van der Waals surface area contributed by atoms with Gasteiger partial charge in [0.25, 0.3) is 0 Å². The Morgan fingerprint density at radius 2 is 1.95 bits per heavy atom. The lowest BCUT2D eigenvalue weighted by atomic mass is 9.92. The zero-order chi connectivity index (χ0) is 14.0. The van der Waals surface area contributed by atoms with Crippen molar-refractivity contribution in [2.24, 2.45) is 11.8 Å². The summed E-state index contributed by atoms with van der Waals surface area (Å²) in [6.45, 7) is 1.50. The smallest absolute Gasteiger partial charge is 0.308 e. The number of piperidine rings is 2. The van der Waals surface area contributed by atoms with Crippen LogP contribution in [0.5, 0.6) is 0 Å². The fourth-order valence-corrected chi connectivity index (χ4v) is 2.79. The summed E-state index contributed by atoms with van der Waals surface area (Å²) in [6, 6.07) is 0. The number of rotatable bonds is 2. The van der Waals surface area contributed by atoms with E-state index in [0.717, 1.165) is 6.42 Å². The highest BCUT2D eigenvalue weighted by atomic mass is 16.4. The number of carbonyl (C=O) groups is 3. The minimum Gasteiger partial charge on any atom is -0.481 e. The second-order valence-corrected chi connectivity index (χ2v) is 5.47. The van der Waals surface area contributed by atoms with E-state index in [2.05, 4.69) is 0 Å².